The minimum atomic E-state index is -3.96. The van der Waals surface area contributed by atoms with Gasteiger partial charge in [0.05, 0.1) is 18.0 Å². The van der Waals surface area contributed by atoms with Crippen LogP contribution in [0.1, 0.15) is 22.5 Å². The van der Waals surface area contributed by atoms with E-state index in [0.29, 0.717) is 13.0 Å². The first-order chi connectivity index (χ1) is 10.5. The zero-order valence-electron chi connectivity index (χ0n) is 12.1. The van der Waals surface area contributed by atoms with E-state index in [-0.39, 0.29) is 5.75 Å². The van der Waals surface area contributed by atoms with Crippen molar-refractivity contribution in [1.82, 2.24) is 9.78 Å². The Balaban J connectivity index is 1.92. The summed E-state index contributed by atoms with van der Waals surface area (Å²) in [6, 6.07) is 9.98. The molecule has 0 bridgehead atoms. The fourth-order valence-corrected chi connectivity index (χ4v) is 4.16. The third-order valence-electron chi connectivity index (χ3n) is 3.75. The summed E-state index contributed by atoms with van der Waals surface area (Å²) in [5.41, 5.74) is 4.28. The molecular formula is C15H18N2O3S2. The predicted molar refractivity (Wildman–Crippen MR) is 87.8 cm³/mol. The molecule has 1 aromatic carbocycles. The second kappa shape index (κ2) is 6.44. The van der Waals surface area contributed by atoms with Crippen LogP contribution in [0.2, 0.25) is 0 Å². The predicted octanol–water partition coefficient (Wildman–Crippen LogP) is 2.15. The minimum Gasteiger partial charge on any atom is -0.286 e. The van der Waals surface area contributed by atoms with Crippen molar-refractivity contribution in [2.75, 3.05) is 11.5 Å². The monoisotopic (exact) mass is 338 g/mol. The van der Waals surface area contributed by atoms with Crippen molar-refractivity contribution in [3.05, 3.63) is 52.8 Å². The molecule has 0 saturated heterocycles. The Kier molecular flexibility index (Phi) is 4.56. The van der Waals surface area contributed by atoms with Gasteiger partial charge in [0, 0.05) is 29.9 Å². The number of nitrogens with zero attached hydrogens (tertiary/aromatic N) is 2. The molecule has 1 aromatic heterocycles. The van der Waals surface area contributed by atoms with Crippen LogP contribution in [0.5, 0.6) is 0 Å². The van der Waals surface area contributed by atoms with Crippen LogP contribution >= 0.6 is 11.8 Å². The molecule has 1 aliphatic heterocycles. The number of thioether (sulfide) groups is 1. The van der Waals surface area contributed by atoms with Crippen molar-refractivity contribution < 1.29 is 13.0 Å². The first-order valence-corrected chi connectivity index (χ1v) is 9.93. The van der Waals surface area contributed by atoms with Crippen molar-refractivity contribution in [2.24, 2.45) is 0 Å². The van der Waals surface area contributed by atoms with Gasteiger partial charge in [-0.05, 0) is 11.3 Å². The highest BCUT2D eigenvalue weighted by Crippen LogP contribution is 2.28. The zero-order valence-corrected chi connectivity index (χ0v) is 13.7. The molecular weight excluding hydrogens is 320 g/mol. The van der Waals surface area contributed by atoms with Crippen LogP contribution < -0.4 is 0 Å². The number of fused-ring (bicyclic) bond motifs is 1. The van der Waals surface area contributed by atoms with E-state index in [1.165, 1.54) is 0 Å². The number of rotatable bonds is 5. The number of hydrogen-bond acceptors (Lipinski definition) is 4. The van der Waals surface area contributed by atoms with Gasteiger partial charge < -0.3 is 0 Å². The smallest absolute Gasteiger partial charge is 0.265 e. The largest absolute Gasteiger partial charge is 0.286 e. The van der Waals surface area contributed by atoms with Crippen LogP contribution in [0.25, 0.3) is 0 Å². The Hall–Kier alpha value is -1.31. The minimum absolute atomic E-state index is 0.259. The summed E-state index contributed by atoms with van der Waals surface area (Å²) >= 11 is 1.84. The Morgan fingerprint density at radius 3 is 2.77 bits per heavy atom. The second-order valence-electron chi connectivity index (χ2n) is 5.35. The van der Waals surface area contributed by atoms with Gasteiger partial charge in [-0.15, -0.1) is 0 Å². The molecule has 0 unspecified atom stereocenters. The SMILES string of the molecule is O=S(=O)(O)CCc1c2c(nn1Cc1ccccc1)CCSC2. The van der Waals surface area contributed by atoms with Crippen molar-refractivity contribution in [2.45, 2.75) is 25.1 Å². The lowest BCUT2D eigenvalue weighted by molar-refractivity contribution is 0.481. The van der Waals surface area contributed by atoms with Crippen LogP contribution in [0.3, 0.4) is 0 Å². The van der Waals surface area contributed by atoms with Crippen molar-refractivity contribution >= 4 is 21.9 Å². The second-order valence-corrected chi connectivity index (χ2v) is 8.03. The lowest BCUT2D eigenvalue weighted by Crippen LogP contribution is -2.13. The third kappa shape index (κ3) is 3.71. The van der Waals surface area contributed by atoms with E-state index < -0.39 is 10.1 Å². The molecule has 0 amide bonds. The maximum Gasteiger partial charge on any atom is 0.265 e. The third-order valence-corrected chi connectivity index (χ3v) is 5.46. The molecule has 1 aliphatic rings. The van der Waals surface area contributed by atoms with Gasteiger partial charge in [-0.1, -0.05) is 30.3 Å². The highest BCUT2D eigenvalue weighted by molar-refractivity contribution is 7.98. The van der Waals surface area contributed by atoms with Crippen LogP contribution in [-0.2, 0) is 35.3 Å². The molecule has 1 N–H and O–H groups in total. The van der Waals surface area contributed by atoms with Crippen LogP contribution in [0.4, 0.5) is 0 Å². The van der Waals surface area contributed by atoms with Gasteiger partial charge in [-0.25, -0.2) is 0 Å². The van der Waals surface area contributed by atoms with Crippen LogP contribution in [0.15, 0.2) is 30.3 Å². The van der Waals surface area contributed by atoms with Gasteiger partial charge >= 0.3 is 0 Å². The van der Waals surface area contributed by atoms with Gasteiger partial charge in [0.15, 0.2) is 0 Å². The molecule has 3 rings (SSSR count). The average molecular weight is 338 g/mol. The molecule has 0 aliphatic carbocycles. The summed E-state index contributed by atoms with van der Waals surface area (Å²) in [5.74, 6) is 1.66. The summed E-state index contributed by atoms with van der Waals surface area (Å²) in [4.78, 5) is 0. The molecule has 0 spiro atoms. The van der Waals surface area contributed by atoms with Gasteiger partial charge in [0.1, 0.15) is 0 Å². The molecule has 2 aromatic rings. The molecule has 0 fully saturated rings. The van der Waals surface area contributed by atoms with Crippen molar-refractivity contribution in [3.8, 4) is 0 Å². The Labute approximate surface area is 134 Å². The Morgan fingerprint density at radius 2 is 2.05 bits per heavy atom. The number of aryl methyl sites for hydroxylation is 1. The van der Waals surface area contributed by atoms with E-state index in [0.717, 1.165) is 40.4 Å². The first kappa shape index (κ1) is 15.6. The van der Waals surface area contributed by atoms with E-state index in [2.05, 4.69) is 5.10 Å². The van der Waals surface area contributed by atoms with E-state index in [1.807, 2.05) is 46.8 Å². The highest BCUT2D eigenvalue weighted by Gasteiger charge is 2.22. The quantitative estimate of drug-likeness (QED) is 0.846. The van der Waals surface area contributed by atoms with E-state index >= 15 is 0 Å². The van der Waals surface area contributed by atoms with Crippen LogP contribution in [-0.4, -0.2) is 34.3 Å². The van der Waals surface area contributed by atoms with Crippen LogP contribution in [0, 0.1) is 0 Å². The molecule has 0 radical (unpaired) electrons. The van der Waals surface area contributed by atoms with E-state index in [1.54, 1.807) is 0 Å². The average Bonchev–Trinajstić information content (AvgIpc) is 2.82. The molecule has 0 atom stereocenters. The van der Waals surface area contributed by atoms with E-state index in [4.69, 9.17) is 4.55 Å². The fraction of sp³-hybridized carbons (Fsp3) is 0.400. The Morgan fingerprint density at radius 1 is 1.27 bits per heavy atom. The zero-order chi connectivity index (χ0) is 15.6. The summed E-state index contributed by atoms with van der Waals surface area (Å²) in [6.45, 7) is 0.624. The molecule has 22 heavy (non-hydrogen) atoms. The van der Waals surface area contributed by atoms with Gasteiger partial charge in [-0.2, -0.15) is 25.3 Å². The summed E-state index contributed by atoms with van der Waals surface area (Å²) in [5, 5.41) is 4.67. The van der Waals surface area contributed by atoms with E-state index in [9.17, 15) is 8.42 Å². The normalized spacial score (nSPS) is 14.8. The lowest BCUT2D eigenvalue weighted by atomic mass is 10.1. The summed E-state index contributed by atoms with van der Waals surface area (Å²) in [6.07, 6.45) is 1.22. The van der Waals surface area contributed by atoms with Crippen molar-refractivity contribution in [3.63, 3.8) is 0 Å². The maximum absolute atomic E-state index is 11.1. The number of aromatic nitrogens is 2. The first-order valence-electron chi connectivity index (χ1n) is 7.17. The molecule has 118 valence electrons. The molecule has 2 heterocycles. The fourth-order valence-electron chi connectivity index (χ4n) is 2.69. The number of hydrogen-bond donors (Lipinski definition) is 1. The van der Waals surface area contributed by atoms with Gasteiger partial charge in [0.2, 0.25) is 0 Å². The lowest BCUT2D eigenvalue weighted by Gasteiger charge is -2.11. The molecule has 7 heteroatoms. The standard InChI is InChI=1S/C15H18N2O3S2/c18-22(19,20)9-7-15-13-11-21-8-6-14(13)16-17(15)10-12-4-2-1-3-5-12/h1-5H,6-11H2,(H,18,19,20). The van der Waals surface area contributed by atoms with Crippen molar-refractivity contribution in [1.29, 1.82) is 0 Å². The topological polar surface area (TPSA) is 72.2 Å². The summed E-state index contributed by atoms with van der Waals surface area (Å²) in [7, 11) is -3.96. The number of benzene rings is 1. The Bertz CT molecular complexity index is 755. The highest BCUT2D eigenvalue weighted by atomic mass is 32.2. The molecule has 0 saturated carbocycles. The molecule has 5 nitrogen and oxygen atoms in total. The maximum atomic E-state index is 11.1. The van der Waals surface area contributed by atoms with Gasteiger partial charge in [-0.3, -0.25) is 9.23 Å². The van der Waals surface area contributed by atoms with Gasteiger partial charge in [0.25, 0.3) is 10.1 Å². The summed E-state index contributed by atoms with van der Waals surface area (Å²) < 4.78 is 33.1.